The summed E-state index contributed by atoms with van der Waals surface area (Å²) in [6, 6.07) is 5.20. The van der Waals surface area contributed by atoms with E-state index in [4.69, 9.17) is 0 Å². The normalized spacial score (nSPS) is 11.8. The van der Waals surface area contributed by atoms with Gasteiger partial charge in [-0.1, -0.05) is 19.1 Å². The number of benzene rings is 1. The molecule has 0 unspecified atom stereocenters. The molecule has 0 amide bonds. The Hall–Kier alpha value is -1.36. The number of nitrogens with zero attached hydrogens (tertiary/aromatic N) is 1. The number of hydrogen-bond donors (Lipinski definition) is 0. The van der Waals surface area contributed by atoms with Crippen LogP contribution in [0.4, 0.5) is 13.2 Å². The average molecular weight is 271 g/mol. The summed E-state index contributed by atoms with van der Waals surface area (Å²) in [4.78, 5) is 5.16. The first-order valence-electron chi connectivity index (χ1n) is 5.63. The van der Waals surface area contributed by atoms with Gasteiger partial charge in [-0.05, 0) is 30.5 Å². The molecule has 2 rings (SSSR count). The molecule has 2 aromatic rings. The van der Waals surface area contributed by atoms with Crippen LogP contribution in [0.1, 0.15) is 23.9 Å². The molecular formula is C13H12F3NS. The summed E-state index contributed by atoms with van der Waals surface area (Å²) in [5, 5.41) is 1.02. The highest BCUT2D eigenvalue weighted by Crippen LogP contribution is 2.32. The number of rotatable bonds is 3. The topological polar surface area (TPSA) is 12.9 Å². The van der Waals surface area contributed by atoms with Crippen molar-refractivity contribution in [3.63, 3.8) is 0 Å². The van der Waals surface area contributed by atoms with Crippen LogP contribution in [0.15, 0.2) is 30.5 Å². The highest BCUT2D eigenvalue weighted by atomic mass is 32.1. The van der Waals surface area contributed by atoms with Gasteiger partial charge in [-0.25, -0.2) is 4.98 Å². The Balaban J connectivity index is 2.23. The van der Waals surface area contributed by atoms with Crippen molar-refractivity contribution in [1.82, 2.24) is 4.98 Å². The molecule has 0 N–H and O–H groups in total. The first-order chi connectivity index (χ1) is 8.50. The van der Waals surface area contributed by atoms with E-state index in [1.807, 2.05) is 0 Å². The van der Waals surface area contributed by atoms with Crippen LogP contribution in [-0.4, -0.2) is 4.98 Å². The lowest BCUT2D eigenvalue weighted by molar-refractivity contribution is -0.137. The summed E-state index contributed by atoms with van der Waals surface area (Å²) in [6.45, 7) is 2.07. The second kappa shape index (κ2) is 5.10. The Morgan fingerprint density at radius 1 is 1.17 bits per heavy atom. The molecule has 1 heterocycles. The van der Waals surface area contributed by atoms with Gasteiger partial charge in [0.25, 0.3) is 0 Å². The number of aryl methyl sites for hydroxylation is 1. The number of hydrogen-bond acceptors (Lipinski definition) is 2. The Morgan fingerprint density at radius 2 is 1.83 bits per heavy atom. The zero-order valence-electron chi connectivity index (χ0n) is 9.79. The van der Waals surface area contributed by atoms with Gasteiger partial charge in [-0.3, -0.25) is 0 Å². The van der Waals surface area contributed by atoms with Crippen LogP contribution in [0.3, 0.4) is 0 Å². The monoisotopic (exact) mass is 271 g/mol. The summed E-state index contributed by atoms with van der Waals surface area (Å²) < 4.78 is 37.3. The molecule has 18 heavy (non-hydrogen) atoms. The molecule has 0 saturated carbocycles. The Bertz CT molecular complexity index is 514. The predicted octanol–water partition coefficient (Wildman–Crippen LogP) is 4.78. The fourth-order valence-electron chi connectivity index (χ4n) is 1.60. The van der Waals surface area contributed by atoms with Crippen molar-refractivity contribution >= 4 is 11.3 Å². The lowest BCUT2D eigenvalue weighted by Gasteiger charge is -2.06. The molecular weight excluding hydrogens is 259 g/mol. The predicted molar refractivity (Wildman–Crippen MR) is 66.5 cm³/mol. The Kier molecular flexibility index (Phi) is 3.71. The van der Waals surface area contributed by atoms with Gasteiger partial charge < -0.3 is 0 Å². The molecule has 96 valence electrons. The van der Waals surface area contributed by atoms with Crippen molar-refractivity contribution in [2.75, 3.05) is 0 Å². The molecule has 1 nitrogen and oxygen atoms in total. The molecule has 0 aliphatic carbocycles. The molecule has 0 atom stereocenters. The maximum absolute atomic E-state index is 12.4. The molecule has 1 aromatic carbocycles. The van der Waals surface area contributed by atoms with Gasteiger partial charge in [0.2, 0.25) is 0 Å². The summed E-state index contributed by atoms with van der Waals surface area (Å²) in [7, 11) is 0. The fraction of sp³-hybridized carbons (Fsp3) is 0.308. The molecule has 1 aromatic heterocycles. The second-order valence-corrected chi connectivity index (χ2v) is 5.06. The smallest absolute Gasteiger partial charge is 0.249 e. The van der Waals surface area contributed by atoms with Crippen LogP contribution in [-0.2, 0) is 12.6 Å². The number of thiazole rings is 1. The third-order valence-corrected chi connectivity index (χ3v) is 3.62. The van der Waals surface area contributed by atoms with Gasteiger partial charge in [-0.2, -0.15) is 13.2 Å². The van der Waals surface area contributed by atoms with Crippen LogP contribution in [0.5, 0.6) is 0 Å². The minimum Gasteiger partial charge on any atom is -0.249 e. The molecule has 0 aliphatic heterocycles. The Labute approximate surface area is 107 Å². The molecule has 5 heteroatoms. The lowest BCUT2D eigenvalue weighted by Crippen LogP contribution is -2.03. The van der Waals surface area contributed by atoms with Crippen LogP contribution >= 0.6 is 11.3 Å². The van der Waals surface area contributed by atoms with E-state index >= 15 is 0 Å². The summed E-state index contributed by atoms with van der Waals surface area (Å²) in [5.74, 6) is 0. The highest BCUT2D eigenvalue weighted by molar-refractivity contribution is 7.15. The van der Waals surface area contributed by atoms with E-state index < -0.39 is 11.7 Å². The van der Waals surface area contributed by atoms with E-state index in [1.165, 1.54) is 23.5 Å². The van der Waals surface area contributed by atoms with Crippen molar-refractivity contribution in [2.24, 2.45) is 0 Å². The number of aromatic nitrogens is 1. The second-order valence-electron chi connectivity index (χ2n) is 3.94. The van der Waals surface area contributed by atoms with Crippen molar-refractivity contribution in [3.8, 4) is 10.4 Å². The largest absolute Gasteiger partial charge is 0.416 e. The van der Waals surface area contributed by atoms with Gasteiger partial charge in [-0.15, -0.1) is 11.3 Å². The zero-order chi connectivity index (χ0) is 13.2. The highest BCUT2D eigenvalue weighted by Gasteiger charge is 2.29. The van der Waals surface area contributed by atoms with Gasteiger partial charge in [0.1, 0.15) is 0 Å². The zero-order valence-corrected chi connectivity index (χ0v) is 10.6. The summed E-state index contributed by atoms with van der Waals surface area (Å²) in [5.41, 5.74) is 0.160. The third-order valence-electron chi connectivity index (χ3n) is 2.51. The van der Waals surface area contributed by atoms with E-state index in [-0.39, 0.29) is 0 Å². The minimum absolute atomic E-state index is 0.621. The van der Waals surface area contributed by atoms with Crippen LogP contribution in [0.2, 0.25) is 0 Å². The van der Waals surface area contributed by atoms with Gasteiger partial charge in [0.05, 0.1) is 15.4 Å². The quantitative estimate of drug-likeness (QED) is 0.782. The van der Waals surface area contributed by atoms with Gasteiger partial charge in [0, 0.05) is 6.20 Å². The van der Waals surface area contributed by atoms with E-state index in [0.717, 1.165) is 40.4 Å². The number of halogens is 3. The molecule has 0 bridgehead atoms. The molecule has 0 spiro atoms. The summed E-state index contributed by atoms with van der Waals surface area (Å²) >= 11 is 1.53. The maximum atomic E-state index is 12.4. The SMILES string of the molecule is CCCc1ncc(-c2ccc(C(F)(F)F)cc2)s1. The maximum Gasteiger partial charge on any atom is 0.416 e. The van der Waals surface area contributed by atoms with Gasteiger partial charge >= 0.3 is 6.18 Å². The van der Waals surface area contributed by atoms with E-state index in [9.17, 15) is 13.2 Å². The van der Waals surface area contributed by atoms with Gasteiger partial charge in [0.15, 0.2) is 0 Å². The lowest BCUT2D eigenvalue weighted by atomic mass is 10.1. The van der Waals surface area contributed by atoms with E-state index in [2.05, 4.69) is 11.9 Å². The first-order valence-corrected chi connectivity index (χ1v) is 6.44. The van der Waals surface area contributed by atoms with Crippen LogP contribution < -0.4 is 0 Å². The van der Waals surface area contributed by atoms with Crippen molar-refractivity contribution in [2.45, 2.75) is 25.9 Å². The van der Waals surface area contributed by atoms with Crippen molar-refractivity contribution < 1.29 is 13.2 Å². The standard InChI is InChI=1S/C13H12F3NS/c1-2-3-12-17-8-11(18-12)9-4-6-10(7-5-9)13(14,15)16/h4-8H,2-3H2,1H3. The number of alkyl halides is 3. The molecule has 0 aliphatic rings. The molecule has 0 saturated heterocycles. The third kappa shape index (κ3) is 2.90. The van der Waals surface area contributed by atoms with Crippen LogP contribution in [0.25, 0.3) is 10.4 Å². The molecule has 0 fully saturated rings. The van der Waals surface area contributed by atoms with E-state index in [0.29, 0.717) is 0 Å². The Morgan fingerprint density at radius 3 is 2.39 bits per heavy atom. The summed E-state index contributed by atoms with van der Waals surface area (Å²) in [6.07, 6.45) is -0.636. The molecule has 0 radical (unpaired) electrons. The average Bonchev–Trinajstić information content (AvgIpc) is 2.77. The fourth-order valence-corrected chi connectivity index (χ4v) is 2.62. The van der Waals surface area contributed by atoms with Crippen molar-refractivity contribution in [1.29, 1.82) is 0 Å². The van der Waals surface area contributed by atoms with Crippen molar-refractivity contribution in [3.05, 3.63) is 41.0 Å². The van der Waals surface area contributed by atoms with Crippen LogP contribution in [0, 0.1) is 0 Å². The first kappa shape index (κ1) is 13.1. The van der Waals surface area contributed by atoms with E-state index in [1.54, 1.807) is 6.20 Å². The minimum atomic E-state index is -4.28.